The van der Waals surface area contributed by atoms with Crippen LogP contribution in [-0.2, 0) is 0 Å². The number of nitrogens with one attached hydrogen (secondary N) is 2. The Kier molecular flexibility index (Phi) is 5.29. The van der Waals surface area contributed by atoms with E-state index in [9.17, 15) is 4.79 Å². The van der Waals surface area contributed by atoms with Crippen molar-refractivity contribution in [1.29, 1.82) is 0 Å². The van der Waals surface area contributed by atoms with E-state index in [0.29, 0.717) is 17.0 Å². The molecule has 0 saturated carbocycles. The summed E-state index contributed by atoms with van der Waals surface area (Å²) < 4.78 is 1.71. The topological polar surface area (TPSA) is 88.0 Å². The Labute approximate surface area is 170 Å². The first-order chi connectivity index (χ1) is 13.9. The smallest absolute Gasteiger partial charge is 0.253 e. The van der Waals surface area contributed by atoms with Crippen LogP contribution in [0, 0.1) is 6.92 Å². The van der Waals surface area contributed by atoms with E-state index in [-0.39, 0.29) is 11.4 Å². The molecule has 8 nitrogen and oxygen atoms in total. The number of piperazine rings is 1. The molecule has 152 valence electrons. The number of hydrogen-bond acceptors (Lipinski definition) is 6. The number of nitrogens with zero attached hydrogens (tertiary/aromatic N) is 5. The van der Waals surface area contributed by atoms with Crippen molar-refractivity contribution in [2.24, 2.45) is 0 Å². The summed E-state index contributed by atoms with van der Waals surface area (Å²) in [6.07, 6.45) is 3.33. The summed E-state index contributed by atoms with van der Waals surface area (Å²) in [5.41, 5.74) is 1.71. The molecule has 1 aliphatic rings. The minimum Gasteiger partial charge on any atom is -0.346 e. The van der Waals surface area contributed by atoms with Gasteiger partial charge in [0, 0.05) is 56.0 Å². The number of hydrogen-bond donors (Lipinski definition) is 2. The fourth-order valence-corrected chi connectivity index (χ4v) is 3.75. The molecule has 1 fully saturated rings. The highest BCUT2D eigenvalue weighted by Gasteiger charge is 2.26. The first-order valence-electron chi connectivity index (χ1n) is 9.95. The maximum absolute atomic E-state index is 12.9. The molecular weight excluding hydrogens is 366 g/mol. The normalized spacial score (nSPS) is 15.6. The number of aryl methyl sites for hydroxylation is 1. The largest absolute Gasteiger partial charge is 0.346 e. The quantitative estimate of drug-likeness (QED) is 0.684. The van der Waals surface area contributed by atoms with Crippen LogP contribution >= 0.6 is 0 Å². The number of aromatic nitrogens is 4. The zero-order valence-corrected chi connectivity index (χ0v) is 17.1. The van der Waals surface area contributed by atoms with Crippen LogP contribution in [0.25, 0.3) is 16.9 Å². The zero-order valence-electron chi connectivity index (χ0n) is 17.1. The van der Waals surface area contributed by atoms with E-state index in [1.165, 1.54) is 0 Å². The van der Waals surface area contributed by atoms with E-state index in [2.05, 4.69) is 44.4 Å². The Balaban J connectivity index is 1.54. The second-order valence-electron chi connectivity index (χ2n) is 8.14. The Morgan fingerprint density at radius 1 is 1.24 bits per heavy atom. The summed E-state index contributed by atoms with van der Waals surface area (Å²) >= 11 is 0. The standard InChI is InChI=1S/C21H27N7O/c1-15-17-12-16(13-24-19(17)28(26-15)18-6-4-5-7-23-18)20(29)25-21(2,3)14-27-10-8-22-9-11-27/h4-7,12-13,22H,8-11,14H2,1-3H3,(H,25,29). The van der Waals surface area contributed by atoms with E-state index >= 15 is 0 Å². The molecule has 0 aliphatic carbocycles. The van der Waals surface area contributed by atoms with Gasteiger partial charge in [-0.05, 0) is 39.0 Å². The minimum atomic E-state index is -0.337. The molecule has 0 bridgehead atoms. The van der Waals surface area contributed by atoms with Crippen LogP contribution in [-0.4, -0.2) is 68.8 Å². The summed E-state index contributed by atoms with van der Waals surface area (Å²) in [6, 6.07) is 7.51. The van der Waals surface area contributed by atoms with Crippen molar-refractivity contribution in [3.63, 3.8) is 0 Å². The molecule has 8 heteroatoms. The predicted octanol–water partition coefficient (Wildman–Crippen LogP) is 1.54. The van der Waals surface area contributed by atoms with Crippen LogP contribution in [0.15, 0.2) is 36.7 Å². The van der Waals surface area contributed by atoms with Gasteiger partial charge in [0.1, 0.15) is 0 Å². The summed E-state index contributed by atoms with van der Waals surface area (Å²) in [5.74, 6) is 0.581. The van der Waals surface area contributed by atoms with Gasteiger partial charge in [0.05, 0.1) is 11.3 Å². The number of fused-ring (bicyclic) bond motifs is 1. The van der Waals surface area contributed by atoms with Crippen LogP contribution in [0.5, 0.6) is 0 Å². The summed E-state index contributed by atoms with van der Waals surface area (Å²) in [5, 5.41) is 11.9. The average molecular weight is 393 g/mol. The molecule has 4 heterocycles. The molecule has 0 atom stereocenters. The molecule has 0 unspecified atom stereocenters. The number of amides is 1. The minimum absolute atomic E-state index is 0.121. The maximum atomic E-state index is 12.9. The highest BCUT2D eigenvalue weighted by molar-refractivity contribution is 5.97. The first kappa shape index (κ1) is 19.5. The van der Waals surface area contributed by atoms with Gasteiger partial charge in [0.25, 0.3) is 5.91 Å². The van der Waals surface area contributed by atoms with E-state index in [1.807, 2.05) is 31.2 Å². The predicted molar refractivity (Wildman–Crippen MR) is 112 cm³/mol. The fraction of sp³-hybridized carbons (Fsp3) is 0.429. The SMILES string of the molecule is Cc1nn(-c2ccccn2)c2ncc(C(=O)NC(C)(C)CN3CCNCC3)cc12. The van der Waals surface area contributed by atoms with Crippen molar-refractivity contribution >= 4 is 16.9 Å². The van der Waals surface area contributed by atoms with Gasteiger partial charge < -0.3 is 10.6 Å². The molecule has 1 saturated heterocycles. The molecule has 4 rings (SSSR count). The van der Waals surface area contributed by atoms with Crippen LogP contribution in [0.3, 0.4) is 0 Å². The molecule has 29 heavy (non-hydrogen) atoms. The van der Waals surface area contributed by atoms with Crippen molar-refractivity contribution < 1.29 is 4.79 Å². The molecule has 1 aliphatic heterocycles. The Bertz CT molecular complexity index is 1010. The van der Waals surface area contributed by atoms with Crippen LogP contribution in [0.1, 0.15) is 29.9 Å². The fourth-order valence-electron chi connectivity index (χ4n) is 3.75. The molecular formula is C21H27N7O. The molecule has 0 radical (unpaired) electrons. The van der Waals surface area contributed by atoms with Gasteiger partial charge >= 0.3 is 0 Å². The van der Waals surface area contributed by atoms with Crippen molar-refractivity contribution in [3.05, 3.63) is 47.9 Å². The van der Waals surface area contributed by atoms with Crippen LogP contribution < -0.4 is 10.6 Å². The lowest BCUT2D eigenvalue weighted by Crippen LogP contribution is -2.55. The molecule has 1 amide bonds. The lowest BCUT2D eigenvalue weighted by atomic mass is 10.0. The molecule has 0 aromatic carbocycles. The maximum Gasteiger partial charge on any atom is 0.253 e. The Hall–Kier alpha value is -2.84. The highest BCUT2D eigenvalue weighted by Crippen LogP contribution is 2.20. The van der Waals surface area contributed by atoms with Crippen molar-refractivity contribution in [2.75, 3.05) is 32.7 Å². The van der Waals surface area contributed by atoms with Gasteiger partial charge in [-0.15, -0.1) is 0 Å². The molecule has 3 aromatic rings. The summed E-state index contributed by atoms with van der Waals surface area (Å²) in [7, 11) is 0. The van der Waals surface area contributed by atoms with Crippen molar-refractivity contribution in [3.8, 4) is 5.82 Å². The number of carbonyl (C=O) groups is 1. The lowest BCUT2D eigenvalue weighted by Gasteiger charge is -2.35. The molecule has 2 N–H and O–H groups in total. The first-order valence-corrected chi connectivity index (χ1v) is 9.95. The van der Waals surface area contributed by atoms with Gasteiger partial charge in [-0.2, -0.15) is 9.78 Å². The third-order valence-corrected chi connectivity index (χ3v) is 5.12. The summed E-state index contributed by atoms with van der Waals surface area (Å²) in [4.78, 5) is 24.2. The number of pyridine rings is 2. The molecule has 3 aromatic heterocycles. The number of carbonyl (C=O) groups excluding carboxylic acids is 1. The third-order valence-electron chi connectivity index (χ3n) is 5.12. The third kappa shape index (κ3) is 4.28. The van der Waals surface area contributed by atoms with E-state index in [0.717, 1.165) is 43.8 Å². The van der Waals surface area contributed by atoms with Gasteiger partial charge in [-0.25, -0.2) is 9.97 Å². The molecule has 0 spiro atoms. The number of rotatable bonds is 5. The van der Waals surface area contributed by atoms with E-state index < -0.39 is 0 Å². The monoisotopic (exact) mass is 393 g/mol. The Morgan fingerprint density at radius 2 is 2.03 bits per heavy atom. The van der Waals surface area contributed by atoms with Crippen LogP contribution in [0.2, 0.25) is 0 Å². The van der Waals surface area contributed by atoms with E-state index in [4.69, 9.17) is 0 Å². The van der Waals surface area contributed by atoms with Crippen LogP contribution in [0.4, 0.5) is 0 Å². The van der Waals surface area contributed by atoms with Crippen molar-refractivity contribution in [1.82, 2.24) is 35.3 Å². The summed E-state index contributed by atoms with van der Waals surface area (Å²) in [6.45, 7) is 10.8. The second kappa shape index (κ2) is 7.88. The van der Waals surface area contributed by atoms with Gasteiger partial charge in [0.15, 0.2) is 11.5 Å². The van der Waals surface area contributed by atoms with Crippen molar-refractivity contribution in [2.45, 2.75) is 26.3 Å². The lowest BCUT2D eigenvalue weighted by molar-refractivity contribution is 0.0881. The highest BCUT2D eigenvalue weighted by atomic mass is 16.1. The van der Waals surface area contributed by atoms with Gasteiger partial charge in [0.2, 0.25) is 0 Å². The second-order valence-corrected chi connectivity index (χ2v) is 8.14. The van der Waals surface area contributed by atoms with Gasteiger partial charge in [-0.3, -0.25) is 9.69 Å². The van der Waals surface area contributed by atoms with E-state index in [1.54, 1.807) is 17.1 Å². The zero-order chi connectivity index (χ0) is 20.4. The Morgan fingerprint density at radius 3 is 2.76 bits per heavy atom. The van der Waals surface area contributed by atoms with Gasteiger partial charge in [-0.1, -0.05) is 6.07 Å². The average Bonchev–Trinajstić information content (AvgIpc) is 3.05.